The highest BCUT2D eigenvalue weighted by molar-refractivity contribution is 6.05. The van der Waals surface area contributed by atoms with Crippen LogP contribution < -0.4 is 5.73 Å². The average molecular weight is 232 g/mol. The van der Waals surface area contributed by atoms with Crippen LogP contribution in [0.5, 0.6) is 0 Å². The first kappa shape index (κ1) is 12.2. The molecule has 1 rings (SSSR count). The van der Waals surface area contributed by atoms with Gasteiger partial charge in [0, 0.05) is 13.1 Å². The van der Waals surface area contributed by atoms with Crippen LogP contribution in [0, 0.1) is 0 Å². The largest absolute Gasteiger partial charge is 0.417 e. The number of hydrogen-bond donors (Lipinski definition) is 1. The second kappa shape index (κ2) is 3.92. The van der Waals surface area contributed by atoms with Gasteiger partial charge in [-0.05, 0) is 6.07 Å². The molecule has 0 atom stereocenters. The van der Waals surface area contributed by atoms with E-state index in [1.54, 1.807) is 0 Å². The summed E-state index contributed by atoms with van der Waals surface area (Å²) >= 11 is 0. The fourth-order valence-electron chi connectivity index (χ4n) is 1.09. The predicted molar refractivity (Wildman–Crippen MR) is 47.8 cm³/mol. The van der Waals surface area contributed by atoms with E-state index >= 15 is 0 Å². The van der Waals surface area contributed by atoms with Gasteiger partial charge in [0.15, 0.2) is 5.78 Å². The Kier molecular flexibility index (Phi) is 2.97. The number of nitrogens with two attached hydrogens (primary N) is 1. The molecule has 0 radical (unpaired) electrons. The maximum absolute atomic E-state index is 12.3. The van der Waals surface area contributed by atoms with Gasteiger partial charge in [0.2, 0.25) is 0 Å². The summed E-state index contributed by atoms with van der Waals surface area (Å²) in [5, 5.41) is 0. The van der Waals surface area contributed by atoms with Gasteiger partial charge in [-0.3, -0.25) is 14.6 Å². The van der Waals surface area contributed by atoms with Crippen molar-refractivity contribution >= 4 is 11.7 Å². The number of hydrogen-bond acceptors (Lipinski definition) is 3. The summed E-state index contributed by atoms with van der Waals surface area (Å²) in [6.45, 7) is 1.09. The van der Waals surface area contributed by atoms with E-state index in [1.165, 1.54) is 0 Å². The van der Waals surface area contributed by atoms with Gasteiger partial charge >= 0.3 is 6.18 Å². The highest BCUT2D eigenvalue weighted by atomic mass is 19.4. The second-order valence-electron chi connectivity index (χ2n) is 3.04. The van der Waals surface area contributed by atoms with Crippen LogP contribution in [-0.4, -0.2) is 16.7 Å². The minimum absolute atomic E-state index is 0.361. The van der Waals surface area contributed by atoms with Crippen LogP contribution in [0.15, 0.2) is 12.3 Å². The molecule has 86 valence electrons. The molecule has 0 aliphatic heterocycles. The summed E-state index contributed by atoms with van der Waals surface area (Å²) in [7, 11) is 0. The minimum Gasteiger partial charge on any atom is -0.366 e. The number of alkyl halides is 3. The van der Waals surface area contributed by atoms with E-state index in [0.29, 0.717) is 12.3 Å². The zero-order valence-corrected chi connectivity index (χ0v) is 8.13. The van der Waals surface area contributed by atoms with Crippen molar-refractivity contribution < 1.29 is 22.8 Å². The van der Waals surface area contributed by atoms with E-state index in [9.17, 15) is 22.8 Å². The molecule has 0 bridgehead atoms. The normalized spacial score (nSPS) is 11.2. The Morgan fingerprint density at radius 1 is 1.38 bits per heavy atom. The van der Waals surface area contributed by atoms with Crippen molar-refractivity contribution in [2.75, 3.05) is 0 Å². The molecule has 0 aliphatic rings. The third-order valence-corrected chi connectivity index (χ3v) is 1.81. The molecule has 4 nitrogen and oxygen atoms in total. The first-order valence-electron chi connectivity index (χ1n) is 4.11. The number of nitrogens with zero attached hydrogens (tertiary/aromatic N) is 1. The number of Topliss-reactive ketones (excluding diaryl/α,β-unsaturated/α-hetero) is 1. The maximum Gasteiger partial charge on any atom is 0.417 e. The van der Waals surface area contributed by atoms with Crippen molar-refractivity contribution in [2.24, 2.45) is 5.73 Å². The third-order valence-electron chi connectivity index (χ3n) is 1.81. The van der Waals surface area contributed by atoms with Gasteiger partial charge in [-0.15, -0.1) is 0 Å². The van der Waals surface area contributed by atoms with Gasteiger partial charge in [0.05, 0.1) is 11.1 Å². The second-order valence-corrected chi connectivity index (χ2v) is 3.04. The van der Waals surface area contributed by atoms with Gasteiger partial charge in [-0.25, -0.2) is 0 Å². The van der Waals surface area contributed by atoms with E-state index in [1.807, 2.05) is 0 Å². The number of carbonyl (C=O) groups excluding carboxylic acids is 2. The van der Waals surface area contributed by atoms with Gasteiger partial charge in [-0.1, -0.05) is 0 Å². The Labute approximate surface area is 88.3 Å². The quantitative estimate of drug-likeness (QED) is 0.783. The van der Waals surface area contributed by atoms with E-state index in [0.717, 1.165) is 6.92 Å². The molecule has 16 heavy (non-hydrogen) atoms. The summed E-state index contributed by atoms with van der Waals surface area (Å²) in [4.78, 5) is 25.1. The highest BCUT2D eigenvalue weighted by Crippen LogP contribution is 2.29. The van der Waals surface area contributed by atoms with Gasteiger partial charge in [0.25, 0.3) is 5.91 Å². The topological polar surface area (TPSA) is 73.1 Å². The zero-order valence-electron chi connectivity index (χ0n) is 8.13. The maximum atomic E-state index is 12.3. The van der Waals surface area contributed by atoms with Crippen molar-refractivity contribution in [2.45, 2.75) is 13.1 Å². The number of ketones is 1. The van der Waals surface area contributed by atoms with Crippen LogP contribution in [0.3, 0.4) is 0 Å². The van der Waals surface area contributed by atoms with Crippen molar-refractivity contribution in [1.29, 1.82) is 0 Å². The Hall–Kier alpha value is -1.92. The van der Waals surface area contributed by atoms with Crippen molar-refractivity contribution in [3.63, 3.8) is 0 Å². The Morgan fingerprint density at radius 2 is 1.94 bits per heavy atom. The van der Waals surface area contributed by atoms with Gasteiger partial charge in [0.1, 0.15) is 5.69 Å². The number of aromatic nitrogens is 1. The predicted octanol–water partition coefficient (Wildman–Crippen LogP) is 1.40. The molecule has 1 heterocycles. The lowest BCUT2D eigenvalue weighted by molar-refractivity contribution is -0.137. The molecule has 0 saturated carbocycles. The van der Waals surface area contributed by atoms with Gasteiger partial charge in [-0.2, -0.15) is 13.2 Å². The van der Waals surface area contributed by atoms with Crippen LogP contribution in [0.25, 0.3) is 0 Å². The van der Waals surface area contributed by atoms with Crippen LogP contribution in [0.1, 0.15) is 33.3 Å². The Balaban J connectivity index is 3.40. The first-order chi connectivity index (χ1) is 7.23. The molecule has 0 unspecified atom stereocenters. The van der Waals surface area contributed by atoms with Crippen molar-refractivity contribution in [3.8, 4) is 0 Å². The molecule has 0 aromatic carbocycles. The lowest BCUT2D eigenvalue weighted by Gasteiger charge is -2.08. The standard InChI is InChI=1S/C9H7F3N2O2/c1-4(15)7-6(8(13)16)2-5(3-14-7)9(10,11)12/h2-3H,1H3,(H2,13,16). The van der Waals surface area contributed by atoms with Crippen LogP contribution in [0.4, 0.5) is 13.2 Å². The summed E-state index contributed by atoms with van der Waals surface area (Å²) in [5.41, 5.74) is 2.86. The number of carbonyl (C=O) groups is 2. The molecule has 0 fully saturated rings. The third kappa shape index (κ3) is 2.36. The lowest BCUT2D eigenvalue weighted by atomic mass is 10.1. The first-order valence-corrected chi connectivity index (χ1v) is 4.11. The summed E-state index contributed by atoms with van der Waals surface area (Å²) < 4.78 is 36.9. The van der Waals surface area contributed by atoms with E-state index in [2.05, 4.69) is 4.98 Å². The SMILES string of the molecule is CC(=O)c1ncc(C(F)(F)F)cc1C(N)=O. The molecule has 1 aromatic rings. The lowest BCUT2D eigenvalue weighted by Crippen LogP contribution is -2.19. The van der Waals surface area contributed by atoms with Crippen LogP contribution in [-0.2, 0) is 6.18 Å². The molecular formula is C9H7F3N2O2. The van der Waals surface area contributed by atoms with Crippen molar-refractivity contribution in [1.82, 2.24) is 4.98 Å². The minimum atomic E-state index is -4.63. The van der Waals surface area contributed by atoms with Gasteiger partial charge < -0.3 is 5.73 Å². The zero-order chi connectivity index (χ0) is 12.5. The van der Waals surface area contributed by atoms with Crippen molar-refractivity contribution in [3.05, 3.63) is 29.1 Å². The summed E-state index contributed by atoms with van der Waals surface area (Å²) in [6.07, 6.45) is -4.14. The molecule has 0 aliphatic carbocycles. The number of primary amides is 1. The molecular weight excluding hydrogens is 225 g/mol. The number of amides is 1. The smallest absolute Gasteiger partial charge is 0.366 e. The molecule has 0 saturated heterocycles. The van der Waals surface area contributed by atoms with Crippen LogP contribution in [0.2, 0.25) is 0 Å². The van der Waals surface area contributed by atoms with E-state index in [-0.39, 0.29) is 5.69 Å². The number of halogens is 3. The Bertz CT molecular complexity index is 455. The number of pyridine rings is 1. The number of rotatable bonds is 2. The highest BCUT2D eigenvalue weighted by Gasteiger charge is 2.32. The molecule has 1 aromatic heterocycles. The fourth-order valence-corrected chi connectivity index (χ4v) is 1.09. The summed E-state index contributed by atoms with van der Waals surface area (Å²) in [6, 6.07) is 0.520. The fraction of sp³-hybridized carbons (Fsp3) is 0.222. The summed E-state index contributed by atoms with van der Waals surface area (Å²) in [5.74, 6) is -1.74. The van der Waals surface area contributed by atoms with Crippen LogP contribution >= 0.6 is 0 Å². The average Bonchev–Trinajstić information content (AvgIpc) is 2.15. The molecule has 1 amide bonds. The van der Waals surface area contributed by atoms with E-state index in [4.69, 9.17) is 5.73 Å². The molecule has 0 spiro atoms. The Morgan fingerprint density at radius 3 is 2.31 bits per heavy atom. The monoisotopic (exact) mass is 232 g/mol. The van der Waals surface area contributed by atoms with E-state index < -0.39 is 29.0 Å². The molecule has 7 heteroatoms. The molecule has 2 N–H and O–H groups in total.